The Labute approximate surface area is 99.0 Å². The highest BCUT2D eigenvalue weighted by Gasteiger charge is 2.31. The first-order valence-corrected chi connectivity index (χ1v) is 5.53. The van der Waals surface area contributed by atoms with E-state index in [-0.39, 0.29) is 18.1 Å². The molecule has 0 unspecified atom stereocenters. The fourth-order valence-electron chi connectivity index (χ4n) is 1.96. The molecule has 16 heavy (non-hydrogen) atoms. The van der Waals surface area contributed by atoms with E-state index in [2.05, 4.69) is 10.3 Å². The largest absolute Gasteiger partial charge is 0.468 e. The van der Waals surface area contributed by atoms with E-state index in [9.17, 15) is 4.79 Å². The van der Waals surface area contributed by atoms with Crippen molar-refractivity contribution in [3.63, 3.8) is 0 Å². The highest BCUT2D eigenvalue weighted by molar-refractivity contribution is 6.31. The van der Waals surface area contributed by atoms with Gasteiger partial charge in [-0.3, -0.25) is 15.1 Å². The third-order valence-corrected chi connectivity index (χ3v) is 3.15. The van der Waals surface area contributed by atoms with Crippen molar-refractivity contribution < 1.29 is 9.53 Å². The second-order valence-corrected chi connectivity index (χ2v) is 4.18. The zero-order valence-electron chi connectivity index (χ0n) is 8.94. The highest BCUT2D eigenvalue weighted by atomic mass is 35.5. The Kier molecular flexibility index (Phi) is 3.41. The smallest absolute Gasteiger partial charge is 0.322 e. The number of hydrogen-bond acceptors (Lipinski definition) is 4. The van der Waals surface area contributed by atoms with Gasteiger partial charge in [-0.1, -0.05) is 11.6 Å². The third-order valence-electron chi connectivity index (χ3n) is 2.80. The Morgan fingerprint density at radius 3 is 3.12 bits per heavy atom. The molecule has 1 saturated heterocycles. The van der Waals surface area contributed by atoms with Crippen molar-refractivity contribution in [2.45, 2.75) is 24.9 Å². The number of nitrogens with zero attached hydrogens (tertiary/aromatic N) is 1. The fourth-order valence-corrected chi connectivity index (χ4v) is 2.20. The Morgan fingerprint density at radius 2 is 2.44 bits per heavy atom. The molecule has 1 aliphatic heterocycles. The topological polar surface area (TPSA) is 51.2 Å². The van der Waals surface area contributed by atoms with E-state index in [0.29, 0.717) is 5.02 Å². The number of hydrogen-bond donors (Lipinski definition) is 1. The van der Waals surface area contributed by atoms with Crippen molar-refractivity contribution in [3.8, 4) is 0 Å². The Bertz CT molecular complexity index is 397. The maximum Gasteiger partial charge on any atom is 0.322 e. The maximum atomic E-state index is 11.3. The summed E-state index contributed by atoms with van der Waals surface area (Å²) < 4.78 is 4.70. The van der Waals surface area contributed by atoms with Gasteiger partial charge in [0.15, 0.2) is 0 Å². The molecule has 1 N–H and O–H groups in total. The number of pyridine rings is 1. The zero-order valence-corrected chi connectivity index (χ0v) is 9.70. The lowest BCUT2D eigenvalue weighted by molar-refractivity contribution is -0.142. The molecule has 0 aliphatic carbocycles. The first-order valence-electron chi connectivity index (χ1n) is 5.15. The molecule has 4 nitrogen and oxygen atoms in total. The van der Waals surface area contributed by atoms with E-state index >= 15 is 0 Å². The van der Waals surface area contributed by atoms with Gasteiger partial charge in [-0.25, -0.2) is 0 Å². The number of rotatable bonds is 2. The van der Waals surface area contributed by atoms with Crippen LogP contribution in [-0.4, -0.2) is 24.1 Å². The Balaban J connectivity index is 2.09. The van der Waals surface area contributed by atoms with E-state index in [1.165, 1.54) is 7.11 Å². The lowest BCUT2D eigenvalue weighted by Gasteiger charge is -2.13. The van der Waals surface area contributed by atoms with Gasteiger partial charge in [-0.05, 0) is 18.9 Å². The first-order chi connectivity index (χ1) is 7.72. The van der Waals surface area contributed by atoms with Crippen molar-refractivity contribution in [1.29, 1.82) is 0 Å². The molecule has 5 heteroatoms. The Hall–Kier alpha value is -1.13. The normalized spacial score (nSPS) is 24.4. The van der Waals surface area contributed by atoms with Crippen molar-refractivity contribution >= 4 is 17.6 Å². The minimum absolute atomic E-state index is 0.0882. The summed E-state index contributed by atoms with van der Waals surface area (Å²) in [6.45, 7) is 0. The molecule has 2 atom stereocenters. The summed E-state index contributed by atoms with van der Waals surface area (Å²) in [5.41, 5.74) is 0.940. The summed E-state index contributed by atoms with van der Waals surface area (Å²) in [6, 6.07) is 1.61. The van der Waals surface area contributed by atoms with E-state index < -0.39 is 0 Å². The summed E-state index contributed by atoms with van der Waals surface area (Å²) in [4.78, 5) is 15.4. The molecule has 1 fully saturated rings. The fraction of sp³-hybridized carbons (Fsp3) is 0.455. The average molecular weight is 241 g/mol. The Morgan fingerprint density at radius 1 is 1.62 bits per heavy atom. The molecule has 0 amide bonds. The first kappa shape index (κ1) is 11.4. The molecule has 0 radical (unpaired) electrons. The van der Waals surface area contributed by atoms with Crippen molar-refractivity contribution in [2.24, 2.45) is 0 Å². The van der Waals surface area contributed by atoms with Crippen LogP contribution in [0.1, 0.15) is 24.4 Å². The molecule has 2 heterocycles. The molecule has 0 bridgehead atoms. The van der Waals surface area contributed by atoms with Crippen LogP contribution in [0.15, 0.2) is 18.5 Å². The van der Waals surface area contributed by atoms with Gasteiger partial charge in [-0.15, -0.1) is 0 Å². The quantitative estimate of drug-likeness (QED) is 0.800. The maximum absolute atomic E-state index is 11.3. The zero-order chi connectivity index (χ0) is 11.5. The van der Waals surface area contributed by atoms with Crippen molar-refractivity contribution in [3.05, 3.63) is 29.0 Å². The monoisotopic (exact) mass is 240 g/mol. The number of carbonyl (C=O) groups is 1. The van der Waals surface area contributed by atoms with E-state index in [4.69, 9.17) is 16.3 Å². The van der Waals surface area contributed by atoms with Crippen LogP contribution in [0.3, 0.4) is 0 Å². The average Bonchev–Trinajstić information content (AvgIpc) is 2.78. The van der Waals surface area contributed by atoms with Crippen LogP contribution in [0.2, 0.25) is 5.02 Å². The summed E-state index contributed by atoms with van der Waals surface area (Å²) >= 11 is 6.07. The standard InChI is InChI=1S/C11H13ClN2O2/c1-16-11(15)10-3-2-9(14-10)7-6-13-5-4-8(7)12/h4-6,9-10,14H,2-3H2,1H3/t9-,10-/m0/s1. The van der Waals surface area contributed by atoms with Crippen LogP contribution in [-0.2, 0) is 9.53 Å². The van der Waals surface area contributed by atoms with Crippen molar-refractivity contribution in [1.82, 2.24) is 10.3 Å². The van der Waals surface area contributed by atoms with Crippen LogP contribution < -0.4 is 5.32 Å². The van der Waals surface area contributed by atoms with Gasteiger partial charge in [0.1, 0.15) is 6.04 Å². The number of methoxy groups -OCH3 is 1. The number of esters is 1. The van der Waals surface area contributed by atoms with E-state index in [0.717, 1.165) is 18.4 Å². The molecule has 0 aromatic carbocycles. The minimum Gasteiger partial charge on any atom is -0.468 e. The lowest BCUT2D eigenvalue weighted by Crippen LogP contribution is -2.33. The molecule has 1 aromatic rings. The molecule has 0 spiro atoms. The van der Waals surface area contributed by atoms with Gasteiger partial charge in [0.25, 0.3) is 0 Å². The van der Waals surface area contributed by atoms with Crippen LogP contribution in [0.4, 0.5) is 0 Å². The predicted octanol–water partition coefficient (Wildman–Crippen LogP) is 1.70. The number of nitrogens with one attached hydrogen (secondary N) is 1. The van der Waals surface area contributed by atoms with E-state index in [1.807, 2.05) is 0 Å². The number of carbonyl (C=O) groups excluding carboxylic acids is 1. The van der Waals surface area contributed by atoms with Gasteiger partial charge in [0.2, 0.25) is 0 Å². The number of halogens is 1. The van der Waals surface area contributed by atoms with Crippen LogP contribution in [0.5, 0.6) is 0 Å². The number of aromatic nitrogens is 1. The summed E-state index contributed by atoms with van der Waals surface area (Å²) in [5, 5.41) is 3.88. The summed E-state index contributed by atoms with van der Waals surface area (Å²) in [7, 11) is 1.40. The van der Waals surface area contributed by atoms with Gasteiger partial charge >= 0.3 is 5.97 Å². The second kappa shape index (κ2) is 4.80. The summed E-state index contributed by atoms with van der Waals surface area (Å²) in [6.07, 6.45) is 5.02. The molecule has 0 saturated carbocycles. The van der Waals surface area contributed by atoms with Crippen molar-refractivity contribution in [2.75, 3.05) is 7.11 Å². The van der Waals surface area contributed by atoms with Crippen LogP contribution in [0.25, 0.3) is 0 Å². The molecule has 1 aromatic heterocycles. The molecular weight excluding hydrogens is 228 g/mol. The van der Waals surface area contributed by atoms with Crippen LogP contribution in [0, 0.1) is 0 Å². The molecule has 2 rings (SSSR count). The third kappa shape index (κ3) is 2.18. The predicted molar refractivity (Wildman–Crippen MR) is 60.2 cm³/mol. The van der Waals surface area contributed by atoms with E-state index in [1.54, 1.807) is 18.5 Å². The molecule has 86 valence electrons. The highest BCUT2D eigenvalue weighted by Crippen LogP contribution is 2.30. The van der Waals surface area contributed by atoms with Gasteiger partial charge in [0.05, 0.1) is 7.11 Å². The molecule has 1 aliphatic rings. The molecular formula is C11H13ClN2O2. The van der Waals surface area contributed by atoms with Gasteiger partial charge < -0.3 is 4.74 Å². The summed E-state index contributed by atoms with van der Waals surface area (Å²) in [5.74, 6) is -0.220. The SMILES string of the molecule is COC(=O)[C@@H]1CC[C@@H](c2cnccc2Cl)N1. The second-order valence-electron chi connectivity index (χ2n) is 3.77. The minimum atomic E-state index is -0.230. The number of ether oxygens (including phenoxy) is 1. The van der Waals surface area contributed by atoms with Gasteiger partial charge in [0, 0.05) is 29.0 Å². The van der Waals surface area contributed by atoms with Gasteiger partial charge in [-0.2, -0.15) is 0 Å². The van der Waals surface area contributed by atoms with Crippen LogP contribution >= 0.6 is 11.6 Å². The lowest BCUT2D eigenvalue weighted by atomic mass is 10.1.